The standard InChI is InChI=1S/C20H24N2O5S/c1-5-22(6-2)28(25,26)18-12-7-14(3)19(13-18)21-20(24)16-8-10-17(11-9-16)27-15(4)23/h7-13H,5-6H2,1-4H3,(H,21,24). The minimum Gasteiger partial charge on any atom is -0.427 e. The third kappa shape index (κ3) is 4.96. The van der Waals surface area contributed by atoms with Crippen LogP contribution in [0.4, 0.5) is 5.69 Å². The number of esters is 1. The first-order chi connectivity index (χ1) is 13.2. The number of benzene rings is 2. The molecule has 2 rings (SSSR count). The van der Waals surface area contributed by atoms with E-state index in [0.717, 1.165) is 5.56 Å². The lowest BCUT2D eigenvalue weighted by molar-refractivity contribution is -0.131. The summed E-state index contributed by atoms with van der Waals surface area (Å²) in [7, 11) is -3.62. The van der Waals surface area contributed by atoms with E-state index in [1.165, 1.54) is 47.6 Å². The number of rotatable bonds is 7. The quantitative estimate of drug-likeness (QED) is 0.565. The number of hydrogen-bond donors (Lipinski definition) is 1. The van der Waals surface area contributed by atoms with E-state index in [1.807, 2.05) is 0 Å². The van der Waals surface area contributed by atoms with Crippen molar-refractivity contribution >= 4 is 27.6 Å². The fourth-order valence-corrected chi connectivity index (χ4v) is 4.13. The van der Waals surface area contributed by atoms with Gasteiger partial charge in [-0.15, -0.1) is 0 Å². The van der Waals surface area contributed by atoms with Gasteiger partial charge in [0.25, 0.3) is 5.91 Å². The molecule has 0 aliphatic heterocycles. The summed E-state index contributed by atoms with van der Waals surface area (Å²) in [5, 5.41) is 2.74. The zero-order valence-corrected chi connectivity index (χ0v) is 17.2. The van der Waals surface area contributed by atoms with E-state index in [4.69, 9.17) is 4.74 Å². The van der Waals surface area contributed by atoms with Crippen LogP contribution >= 0.6 is 0 Å². The molecule has 28 heavy (non-hydrogen) atoms. The van der Waals surface area contributed by atoms with Crippen molar-refractivity contribution in [3.63, 3.8) is 0 Å². The summed E-state index contributed by atoms with van der Waals surface area (Å²) in [5.74, 6) is -0.499. The van der Waals surface area contributed by atoms with Gasteiger partial charge < -0.3 is 10.1 Å². The van der Waals surface area contributed by atoms with Gasteiger partial charge in [-0.3, -0.25) is 9.59 Å². The van der Waals surface area contributed by atoms with Gasteiger partial charge in [0, 0.05) is 31.3 Å². The van der Waals surface area contributed by atoms with Gasteiger partial charge in [0.1, 0.15) is 5.75 Å². The van der Waals surface area contributed by atoms with Crippen LogP contribution in [0.3, 0.4) is 0 Å². The summed E-state index contributed by atoms with van der Waals surface area (Å²) >= 11 is 0. The second kappa shape index (κ2) is 8.99. The minimum atomic E-state index is -3.62. The first-order valence-electron chi connectivity index (χ1n) is 8.89. The van der Waals surface area contributed by atoms with E-state index in [-0.39, 0.29) is 4.90 Å². The first kappa shape index (κ1) is 21.6. The Morgan fingerprint density at radius 3 is 2.18 bits per heavy atom. The molecule has 0 spiro atoms. The van der Waals surface area contributed by atoms with Gasteiger partial charge in [0.05, 0.1) is 4.90 Å². The van der Waals surface area contributed by atoms with Crippen LogP contribution in [0.1, 0.15) is 36.7 Å². The number of anilines is 1. The topological polar surface area (TPSA) is 92.8 Å². The Morgan fingerprint density at radius 2 is 1.64 bits per heavy atom. The third-order valence-electron chi connectivity index (χ3n) is 4.18. The molecule has 0 unspecified atom stereocenters. The monoisotopic (exact) mass is 404 g/mol. The van der Waals surface area contributed by atoms with E-state index >= 15 is 0 Å². The molecule has 0 heterocycles. The molecule has 1 amide bonds. The van der Waals surface area contributed by atoms with E-state index in [9.17, 15) is 18.0 Å². The minimum absolute atomic E-state index is 0.127. The van der Waals surface area contributed by atoms with Crippen LogP contribution in [-0.4, -0.2) is 37.7 Å². The highest BCUT2D eigenvalue weighted by molar-refractivity contribution is 7.89. The van der Waals surface area contributed by atoms with Gasteiger partial charge in [-0.25, -0.2) is 8.42 Å². The van der Waals surface area contributed by atoms with Crippen LogP contribution in [0, 0.1) is 6.92 Å². The van der Waals surface area contributed by atoms with Crippen molar-refractivity contribution in [2.24, 2.45) is 0 Å². The molecular weight excluding hydrogens is 380 g/mol. The molecule has 0 saturated carbocycles. The number of aryl methyl sites for hydroxylation is 1. The predicted octanol–water partition coefficient (Wildman–Crippen LogP) is 3.20. The lowest BCUT2D eigenvalue weighted by Crippen LogP contribution is -2.30. The molecule has 0 saturated heterocycles. The molecule has 0 fully saturated rings. The fourth-order valence-electron chi connectivity index (χ4n) is 2.64. The van der Waals surface area contributed by atoms with Crippen LogP contribution in [0.15, 0.2) is 47.4 Å². The van der Waals surface area contributed by atoms with Gasteiger partial charge in [0.15, 0.2) is 0 Å². The zero-order chi connectivity index (χ0) is 20.9. The summed E-state index contributed by atoms with van der Waals surface area (Å²) in [6.07, 6.45) is 0. The van der Waals surface area contributed by atoms with Crippen molar-refractivity contribution in [2.75, 3.05) is 18.4 Å². The van der Waals surface area contributed by atoms with Crippen LogP contribution in [0.25, 0.3) is 0 Å². The average Bonchev–Trinajstić information content (AvgIpc) is 2.64. The number of sulfonamides is 1. The normalized spacial score (nSPS) is 11.3. The molecule has 1 N–H and O–H groups in total. The largest absolute Gasteiger partial charge is 0.427 e. The highest BCUT2D eigenvalue weighted by atomic mass is 32.2. The number of carbonyl (C=O) groups excluding carboxylic acids is 2. The summed E-state index contributed by atoms with van der Waals surface area (Å²) in [6.45, 7) is 7.36. The first-order valence-corrected chi connectivity index (χ1v) is 10.3. The van der Waals surface area contributed by atoms with E-state index in [2.05, 4.69) is 5.32 Å². The lowest BCUT2D eigenvalue weighted by atomic mass is 10.1. The summed E-state index contributed by atoms with van der Waals surface area (Å²) in [4.78, 5) is 23.6. The van der Waals surface area contributed by atoms with Crippen LogP contribution in [0.2, 0.25) is 0 Å². The van der Waals surface area contributed by atoms with Gasteiger partial charge in [0.2, 0.25) is 10.0 Å². The van der Waals surface area contributed by atoms with Crippen molar-refractivity contribution in [3.8, 4) is 5.75 Å². The number of hydrogen-bond acceptors (Lipinski definition) is 5. The summed E-state index contributed by atoms with van der Waals surface area (Å²) in [5.41, 5.74) is 1.51. The summed E-state index contributed by atoms with van der Waals surface area (Å²) in [6, 6.07) is 10.8. The van der Waals surface area contributed by atoms with E-state index < -0.39 is 21.9 Å². The smallest absolute Gasteiger partial charge is 0.308 e. The molecule has 0 aromatic heterocycles. The number of carbonyl (C=O) groups is 2. The Labute approximate surface area is 165 Å². The molecule has 0 radical (unpaired) electrons. The van der Waals surface area contributed by atoms with Crippen LogP contribution in [-0.2, 0) is 14.8 Å². The fraction of sp³-hybridized carbons (Fsp3) is 0.300. The average molecular weight is 404 g/mol. The SMILES string of the molecule is CCN(CC)S(=O)(=O)c1ccc(C)c(NC(=O)c2ccc(OC(C)=O)cc2)c1. The maximum atomic E-state index is 12.7. The van der Waals surface area contributed by atoms with Crippen molar-refractivity contribution in [1.82, 2.24) is 4.31 Å². The summed E-state index contributed by atoms with van der Waals surface area (Å²) < 4.78 is 31.7. The van der Waals surface area contributed by atoms with E-state index in [1.54, 1.807) is 26.8 Å². The molecular formula is C20H24N2O5S. The highest BCUT2D eigenvalue weighted by Crippen LogP contribution is 2.24. The highest BCUT2D eigenvalue weighted by Gasteiger charge is 2.22. The number of nitrogens with one attached hydrogen (secondary N) is 1. The number of nitrogens with zero attached hydrogens (tertiary/aromatic N) is 1. The Hall–Kier alpha value is -2.71. The Bertz CT molecular complexity index is 965. The second-order valence-corrected chi connectivity index (χ2v) is 8.08. The lowest BCUT2D eigenvalue weighted by Gasteiger charge is -2.19. The van der Waals surface area contributed by atoms with Crippen molar-refractivity contribution in [1.29, 1.82) is 0 Å². The van der Waals surface area contributed by atoms with E-state index in [0.29, 0.717) is 30.1 Å². The number of amides is 1. The Morgan fingerprint density at radius 1 is 1.04 bits per heavy atom. The van der Waals surface area contributed by atoms with Gasteiger partial charge >= 0.3 is 5.97 Å². The second-order valence-electron chi connectivity index (χ2n) is 6.14. The Kier molecular flexibility index (Phi) is 6.93. The van der Waals surface area contributed by atoms with Crippen molar-refractivity contribution in [2.45, 2.75) is 32.6 Å². The van der Waals surface area contributed by atoms with Crippen molar-refractivity contribution in [3.05, 3.63) is 53.6 Å². The molecule has 0 atom stereocenters. The maximum Gasteiger partial charge on any atom is 0.308 e. The van der Waals surface area contributed by atoms with Gasteiger partial charge in [-0.05, 0) is 48.9 Å². The third-order valence-corrected chi connectivity index (χ3v) is 6.22. The molecule has 2 aromatic carbocycles. The maximum absolute atomic E-state index is 12.7. The molecule has 150 valence electrons. The van der Waals surface area contributed by atoms with Crippen LogP contribution < -0.4 is 10.1 Å². The zero-order valence-electron chi connectivity index (χ0n) is 16.4. The van der Waals surface area contributed by atoms with Gasteiger partial charge in [-0.1, -0.05) is 19.9 Å². The Balaban J connectivity index is 2.26. The predicted molar refractivity (Wildman–Crippen MR) is 107 cm³/mol. The molecule has 8 heteroatoms. The number of ether oxygens (including phenoxy) is 1. The molecule has 0 bridgehead atoms. The van der Waals surface area contributed by atoms with Crippen molar-refractivity contribution < 1.29 is 22.7 Å². The molecule has 0 aliphatic rings. The molecule has 7 nitrogen and oxygen atoms in total. The molecule has 2 aromatic rings. The van der Waals surface area contributed by atoms with Gasteiger partial charge in [-0.2, -0.15) is 4.31 Å². The van der Waals surface area contributed by atoms with Crippen LogP contribution in [0.5, 0.6) is 5.75 Å². The molecule has 0 aliphatic carbocycles.